The summed E-state index contributed by atoms with van der Waals surface area (Å²) in [5.41, 5.74) is 5.42. The fourth-order valence-corrected chi connectivity index (χ4v) is 8.11. The molecule has 8 rings (SSSR count). The number of hydrogen-bond donors (Lipinski definition) is 4. The summed E-state index contributed by atoms with van der Waals surface area (Å²) in [5.74, 6) is 1.07. The highest BCUT2D eigenvalue weighted by Crippen LogP contribution is 2.37. The zero-order chi connectivity index (χ0) is 40.1. The number of amides is 4. The number of pyridine rings is 1. The molecule has 2 saturated heterocycles. The van der Waals surface area contributed by atoms with Crippen molar-refractivity contribution in [2.24, 2.45) is 11.8 Å². The maximum absolute atomic E-state index is 13.7. The number of nitrogens with one attached hydrogen (secondary N) is 4. The van der Waals surface area contributed by atoms with Gasteiger partial charge in [0.05, 0.1) is 54.6 Å². The topological polar surface area (TPSA) is 214 Å². The van der Waals surface area contributed by atoms with Crippen molar-refractivity contribution in [2.45, 2.75) is 77.5 Å². The van der Waals surface area contributed by atoms with E-state index in [2.05, 4.69) is 20.6 Å². The molecule has 0 aliphatic carbocycles. The van der Waals surface area contributed by atoms with Gasteiger partial charge in [0.15, 0.2) is 5.58 Å². The maximum Gasteiger partial charge on any atom is 0.407 e. The number of likely N-dealkylation sites (tertiary alicyclic amines) is 2. The van der Waals surface area contributed by atoms with Crippen molar-refractivity contribution in [1.82, 2.24) is 50.3 Å². The highest BCUT2D eigenvalue weighted by atomic mass is 16.5. The molecule has 17 nitrogen and oxygen atoms in total. The smallest absolute Gasteiger partial charge is 0.407 e. The second kappa shape index (κ2) is 15.0. The molecule has 17 heteroatoms. The molecule has 0 bridgehead atoms. The largest absolute Gasteiger partial charge is 0.453 e. The number of ether oxygens (including phenoxy) is 2. The zero-order valence-electron chi connectivity index (χ0n) is 32.7. The molecule has 6 aromatic rings. The molecule has 4 N–H and O–H groups in total. The number of carbonyl (C=O) groups is 4. The quantitative estimate of drug-likeness (QED) is 0.136. The molecule has 0 saturated carbocycles. The fourth-order valence-electron chi connectivity index (χ4n) is 8.11. The predicted octanol–water partition coefficient (Wildman–Crippen LogP) is 5.88. The first-order valence-electron chi connectivity index (χ1n) is 19.3. The average Bonchev–Trinajstić information content (AvgIpc) is 4.05. The molecule has 2 fully saturated rings. The molecular formula is C40H46N10O7. The molecule has 2 aliphatic rings. The number of carbonyl (C=O) groups excluding carboxylic acids is 4. The summed E-state index contributed by atoms with van der Waals surface area (Å²) in [6.45, 7) is 8.64. The molecule has 4 aromatic heterocycles. The van der Waals surface area contributed by atoms with E-state index < -0.39 is 24.3 Å². The van der Waals surface area contributed by atoms with Gasteiger partial charge in [-0.25, -0.2) is 24.5 Å². The number of rotatable bonds is 9. The van der Waals surface area contributed by atoms with Crippen LogP contribution in [0.5, 0.6) is 0 Å². The van der Waals surface area contributed by atoms with Crippen LogP contribution in [0.2, 0.25) is 0 Å². The summed E-state index contributed by atoms with van der Waals surface area (Å²) >= 11 is 0. The van der Waals surface area contributed by atoms with Gasteiger partial charge in [0.2, 0.25) is 17.7 Å². The van der Waals surface area contributed by atoms with Crippen molar-refractivity contribution in [1.29, 1.82) is 0 Å². The molecule has 0 radical (unpaired) electrons. The summed E-state index contributed by atoms with van der Waals surface area (Å²) in [7, 11) is 2.56. The standard InChI is InChI=1S/C40H46N10O7/c1-19(2)29(47-39(53)55-5)37(51)49-15-7-9-27(49)34-42-23-13-14-24-33(32(23)46-34)57-36(44-24)21-11-12-22-25(17-21)41-18-26-31(22)45-35(43-26)28-10-8-16-50(28)38(52)30(20(3)4)48-40(54)56-6/h11-14,17-20,27-30H,7-10,15-16H2,1-6H3,(H,42,46)(H,43,45)(H,47,53)(H,48,54)/t27-,28-,29-,30-/m0/s1. The minimum atomic E-state index is -0.734. The van der Waals surface area contributed by atoms with Crippen molar-refractivity contribution in [3.63, 3.8) is 0 Å². The van der Waals surface area contributed by atoms with Crippen LogP contribution >= 0.6 is 0 Å². The van der Waals surface area contributed by atoms with Gasteiger partial charge in [0, 0.05) is 24.0 Å². The molecule has 4 amide bonds. The van der Waals surface area contributed by atoms with Crippen molar-refractivity contribution in [3.05, 3.63) is 48.2 Å². The third-order valence-electron chi connectivity index (χ3n) is 11.1. The second-order valence-electron chi connectivity index (χ2n) is 15.4. The Morgan fingerprint density at radius 3 is 1.91 bits per heavy atom. The zero-order valence-corrected chi connectivity index (χ0v) is 32.7. The lowest BCUT2D eigenvalue weighted by atomic mass is 10.0. The lowest BCUT2D eigenvalue weighted by molar-refractivity contribution is -0.136. The summed E-state index contributed by atoms with van der Waals surface area (Å²) in [5, 5.41) is 6.21. The van der Waals surface area contributed by atoms with Crippen LogP contribution in [0.25, 0.3) is 55.5 Å². The van der Waals surface area contributed by atoms with E-state index in [1.54, 1.807) is 16.0 Å². The first kappa shape index (κ1) is 37.7. The first-order valence-corrected chi connectivity index (χ1v) is 19.3. The van der Waals surface area contributed by atoms with Gasteiger partial charge in [0.1, 0.15) is 34.8 Å². The lowest BCUT2D eigenvalue weighted by Crippen LogP contribution is -2.51. The number of hydrogen-bond acceptors (Lipinski definition) is 11. The number of fused-ring (bicyclic) bond motifs is 6. The van der Waals surface area contributed by atoms with Gasteiger partial charge in [-0.15, -0.1) is 0 Å². The third-order valence-corrected chi connectivity index (χ3v) is 11.1. The molecule has 298 valence electrons. The number of aromatic amines is 2. The first-order chi connectivity index (χ1) is 27.4. The van der Waals surface area contributed by atoms with Gasteiger partial charge >= 0.3 is 12.2 Å². The molecule has 57 heavy (non-hydrogen) atoms. The summed E-state index contributed by atoms with van der Waals surface area (Å²) in [6, 6.07) is 7.51. The second-order valence-corrected chi connectivity index (χ2v) is 15.4. The maximum atomic E-state index is 13.7. The Labute approximate surface area is 327 Å². The minimum absolute atomic E-state index is 0.137. The SMILES string of the molecule is COC(=O)N[C@H](C(=O)N1CCC[C@H]1c1nc2c(cnc3cc(-c4nc5ccc6[nH]c([C@@H]7CCCN7C(=O)[C@@H](NC(=O)OC)C(C)C)nc6c5o4)ccc32)[nH]1)C(C)C. The number of oxazole rings is 1. The van der Waals surface area contributed by atoms with Gasteiger partial charge in [-0.2, -0.15) is 0 Å². The Kier molecular flexibility index (Phi) is 9.91. The Balaban J connectivity index is 1.06. The number of nitrogens with zero attached hydrogens (tertiary/aromatic N) is 6. The molecule has 0 unspecified atom stereocenters. The van der Waals surface area contributed by atoms with E-state index in [1.165, 1.54) is 14.2 Å². The van der Waals surface area contributed by atoms with Gasteiger partial charge in [-0.1, -0.05) is 27.7 Å². The monoisotopic (exact) mass is 778 g/mol. The summed E-state index contributed by atoms with van der Waals surface area (Å²) in [6.07, 6.45) is 3.51. The summed E-state index contributed by atoms with van der Waals surface area (Å²) < 4.78 is 15.9. The van der Waals surface area contributed by atoms with Gasteiger partial charge < -0.3 is 44.3 Å². The molecular weight excluding hydrogens is 733 g/mol. The number of aromatic nitrogens is 6. The van der Waals surface area contributed by atoms with Crippen molar-refractivity contribution < 1.29 is 33.1 Å². The Hall–Kier alpha value is -6.26. The number of benzene rings is 2. The van der Waals surface area contributed by atoms with E-state index in [0.29, 0.717) is 52.8 Å². The van der Waals surface area contributed by atoms with Crippen LogP contribution in [-0.4, -0.2) is 103 Å². The van der Waals surface area contributed by atoms with Crippen LogP contribution < -0.4 is 10.6 Å². The number of H-pyrrole nitrogens is 2. The van der Waals surface area contributed by atoms with E-state index in [4.69, 9.17) is 33.8 Å². The van der Waals surface area contributed by atoms with Crippen LogP contribution in [0.3, 0.4) is 0 Å². The predicted molar refractivity (Wildman–Crippen MR) is 210 cm³/mol. The van der Waals surface area contributed by atoms with E-state index in [-0.39, 0.29) is 35.7 Å². The van der Waals surface area contributed by atoms with Gasteiger partial charge in [0.25, 0.3) is 0 Å². The third kappa shape index (κ3) is 6.84. The summed E-state index contributed by atoms with van der Waals surface area (Å²) in [4.78, 5) is 81.3. The van der Waals surface area contributed by atoms with Crippen molar-refractivity contribution in [2.75, 3.05) is 27.3 Å². The average molecular weight is 779 g/mol. The van der Waals surface area contributed by atoms with Crippen LogP contribution in [0.4, 0.5) is 9.59 Å². The van der Waals surface area contributed by atoms with Crippen LogP contribution in [-0.2, 0) is 19.1 Å². The highest BCUT2D eigenvalue weighted by Gasteiger charge is 2.39. The Bertz CT molecular complexity index is 2520. The minimum Gasteiger partial charge on any atom is -0.453 e. The van der Waals surface area contributed by atoms with E-state index in [1.807, 2.05) is 58.0 Å². The van der Waals surface area contributed by atoms with E-state index >= 15 is 0 Å². The normalized spacial score (nSPS) is 18.3. The molecule has 2 aliphatic heterocycles. The highest BCUT2D eigenvalue weighted by molar-refractivity contribution is 6.04. The van der Waals surface area contributed by atoms with Crippen LogP contribution in [0.1, 0.15) is 77.1 Å². The van der Waals surface area contributed by atoms with Crippen LogP contribution in [0.15, 0.2) is 40.9 Å². The molecule has 4 atom stereocenters. The van der Waals surface area contributed by atoms with Gasteiger partial charge in [-0.3, -0.25) is 14.6 Å². The van der Waals surface area contributed by atoms with Crippen LogP contribution in [0, 0.1) is 11.8 Å². The van der Waals surface area contributed by atoms with E-state index in [9.17, 15) is 19.2 Å². The molecule has 2 aromatic carbocycles. The molecule has 6 heterocycles. The van der Waals surface area contributed by atoms with Crippen molar-refractivity contribution >= 4 is 68.1 Å². The van der Waals surface area contributed by atoms with Gasteiger partial charge in [-0.05, 0) is 67.9 Å². The Morgan fingerprint density at radius 1 is 0.754 bits per heavy atom. The number of imidazole rings is 2. The Morgan fingerprint density at radius 2 is 1.33 bits per heavy atom. The molecule has 0 spiro atoms. The number of methoxy groups -OCH3 is 2. The fraction of sp³-hybridized carbons (Fsp3) is 0.450. The van der Waals surface area contributed by atoms with Crippen molar-refractivity contribution in [3.8, 4) is 11.5 Å². The lowest BCUT2D eigenvalue weighted by Gasteiger charge is -2.29. The van der Waals surface area contributed by atoms with E-state index in [0.717, 1.165) is 53.2 Å². The number of alkyl carbamates (subject to hydrolysis) is 2.